The van der Waals surface area contributed by atoms with Gasteiger partial charge in [0.05, 0.1) is 24.2 Å². The Bertz CT molecular complexity index is 1340. The molecule has 1 aliphatic heterocycles. The molecule has 1 aliphatic rings. The predicted molar refractivity (Wildman–Crippen MR) is 148 cm³/mol. The zero-order valence-corrected chi connectivity index (χ0v) is 22.7. The maximum atomic E-state index is 12.4. The predicted octanol–water partition coefficient (Wildman–Crippen LogP) is 4.11. The Labute approximate surface area is 222 Å². The molecule has 2 aromatic carbocycles. The van der Waals surface area contributed by atoms with Crippen LogP contribution in [0.1, 0.15) is 20.3 Å². The number of nitrogens with zero attached hydrogens (tertiary/aromatic N) is 3. The minimum Gasteiger partial charge on any atom is -0.492 e. The first-order valence-corrected chi connectivity index (χ1v) is 14.0. The number of ether oxygens (including phenoxy) is 1. The Balaban J connectivity index is 1.57. The summed E-state index contributed by atoms with van der Waals surface area (Å²) in [6.45, 7) is 7.45. The number of benzene rings is 2. The number of sulfonamides is 1. The smallest absolute Gasteiger partial charge is 0.242 e. The van der Waals surface area contributed by atoms with Crippen molar-refractivity contribution >= 4 is 50.5 Å². The third-order valence-corrected chi connectivity index (χ3v) is 7.75. The van der Waals surface area contributed by atoms with Crippen molar-refractivity contribution in [1.82, 2.24) is 20.0 Å². The van der Waals surface area contributed by atoms with Crippen LogP contribution in [0.25, 0.3) is 0 Å². The number of hydrogen-bond acceptors (Lipinski definition) is 9. The van der Waals surface area contributed by atoms with Gasteiger partial charge in [0.2, 0.25) is 16.0 Å². The van der Waals surface area contributed by atoms with E-state index in [-0.39, 0.29) is 21.7 Å². The quantitative estimate of drug-likeness (QED) is 0.282. The number of rotatable bonds is 11. The lowest BCUT2D eigenvalue weighted by molar-refractivity contribution is 0.342. The van der Waals surface area contributed by atoms with Gasteiger partial charge < -0.3 is 25.6 Å². The highest BCUT2D eigenvalue weighted by Crippen LogP contribution is 2.34. The van der Waals surface area contributed by atoms with Gasteiger partial charge in [0.15, 0.2) is 5.82 Å². The molecule has 0 spiro atoms. The second-order valence-electron chi connectivity index (χ2n) is 8.45. The minimum atomic E-state index is -3.69. The second kappa shape index (κ2) is 12.0. The summed E-state index contributed by atoms with van der Waals surface area (Å²) in [7, 11) is -2.33. The van der Waals surface area contributed by atoms with E-state index in [4.69, 9.17) is 16.3 Å². The van der Waals surface area contributed by atoms with E-state index < -0.39 is 10.0 Å². The summed E-state index contributed by atoms with van der Waals surface area (Å²) in [5.74, 6) is 1.23. The molecular formula is C25H32ClN7O3S. The van der Waals surface area contributed by atoms with Crippen LogP contribution in [0, 0.1) is 0 Å². The Kier molecular flexibility index (Phi) is 8.70. The second-order valence-corrected chi connectivity index (χ2v) is 10.7. The first kappa shape index (κ1) is 26.9. The molecule has 0 amide bonds. The SMILES string of the molecule is CCN[C@@H]1CCN(c2ccc(Nc3ncc(Cl)c(Nc4ccccc4S(=O)(=O)NC)n3)c(OCC)c2)C1. The summed E-state index contributed by atoms with van der Waals surface area (Å²) in [6, 6.07) is 13.0. The fourth-order valence-electron chi connectivity index (χ4n) is 4.21. The van der Waals surface area contributed by atoms with Crippen LogP contribution in [-0.4, -0.2) is 57.7 Å². The number of anilines is 5. The average Bonchev–Trinajstić information content (AvgIpc) is 3.36. The normalized spacial score (nSPS) is 15.6. The van der Waals surface area contributed by atoms with Gasteiger partial charge in [0.25, 0.3) is 0 Å². The molecule has 12 heteroatoms. The Hall–Kier alpha value is -3.12. The summed E-state index contributed by atoms with van der Waals surface area (Å²) in [5, 5.41) is 9.99. The van der Waals surface area contributed by atoms with Gasteiger partial charge in [-0.1, -0.05) is 30.7 Å². The van der Waals surface area contributed by atoms with Gasteiger partial charge in [-0.05, 0) is 51.2 Å². The molecule has 0 aliphatic carbocycles. The first-order valence-electron chi connectivity index (χ1n) is 12.2. The molecule has 0 radical (unpaired) electrons. The van der Waals surface area contributed by atoms with E-state index in [0.29, 0.717) is 29.8 Å². The summed E-state index contributed by atoms with van der Waals surface area (Å²) in [5.41, 5.74) is 2.14. The summed E-state index contributed by atoms with van der Waals surface area (Å²) >= 11 is 6.34. The molecule has 37 heavy (non-hydrogen) atoms. The molecule has 0 unspecified atom stereocenters. The third kappa shape index (κ3) is 6.42. The monoisotopic (exact) mass is 545 g/mol. The molecule has 0 bridgehead atoms. The van der Waals surface area contributed by atoms with Gasteiger partial charge in [-0.2, -0.15) is 4.98 Å². The molecule has 10 nitrogen and oxygen atoms in total. The van der Waals surface area contributed by atoms with Gasteiger partial charge >= 0.3 is 0 Å². The topological polar surface area (TPSA) is 121 Å². The van der Waals surface area contributed by atoms with Crippen molar-refractivity contribution in [2.45, 2.75) is 31.2 Å². The molecule has 4 N–H and O–H groups in total. The molecule has 0 saturated carbocycles. The van der Waals surface area contributed by atoms with Gasteiger partial charge in [-0.15, -0.1) is 0 Å². The molecule has 4 rings (SSSR count). The summed E-state index contributed by atoms with van der Waals surface area (Å²) < 4.78 is 33.1. The van der Waals surface area contributed by atoms with Crippen molar-refractivity contribution in [2.75, 3.05) is 48.8 Å². The highest BCUT2D eigenvalue weighted by atomic mass is 35.5. The zero-order chi connectivity index (χ0) is 26.4. The van der Waals surface area contributed by atoms with Crippen LogP contribution < -0.4 is 30.3 Å². The number of halogens is 1. The average molecular weight is 546 g/mol. The lowest BCUT2D eigenvalue weighted by Gasteiger charge is -2.21. The molecule has 3 aromatic rings. The third-order valence-electron chi connectivity index (χ3n) is 6.00. The molecule has 1 fully saturated rings. The number of aromatic nitrogens is 2. The minimum absolute atomic E-state index is 0.0780. The van der Waals surface area contributed by atoms with E-state index in [2.05, 4.69) is 42.5 Å². The molecule has 1 atom stereocenters. The van der Waals surface area contributed by atoms with Crippen molar-refractivity contribution in [3.05, 3.63) is 53.7 Å². The van der Waals surface area contributed by atoms with E-state index in [9.17, 15) is 8.42 Å². The van der Waals surface area contributed by atoms with Crippen LogP contribution in [0.2, 0.25) is 5.02 Å². The Morgan fingerprint density at radius 3 is 2.70 bits per heavy atom. The van der Waals surface area contributed by atoms with Crippen molar-refractivity contribution in [3.8, 4) is 5.75 Å². The van der Waals surface area contributed by atoms with E-state index >= 15 is 0 Å². The lowest BCUT2D eigenvalue weighted by atomic mass is 10.2. The number of para-hydroxylation sites is 1. The van der Waals surface area contributed by atoms with Crippen LogP contribution in [-0.2, 0) is 10.0 Å². The van der Waals surface area contributed by atoms with E-state index in [1.165, 1.54) is 19.3 Å². The molecular weight excluding hydrogens is 514 g/mol. The largest absolute Gasteiger partial charge is 0.492 e. The molecule has 198 valence electrons. The summed E-state index contributed by atoms with van der Waals surface area (Å²) in [6.07, 6.45) is 2.55. The number of nitrogens with one attached hydrogen (secondary N) is 4. The lowest BCUT2D eigenvalue weighted by Crippen LogP contribution is -2.32. The van der Waals surface area contributed by atoms with Crippen molar-refractivity contribution in [1.29, 1.82) is 0 Å². The fourth-order valence-corrected chi connectivity index (χ4v) is 5.24. The fraction of sp³-hybridized carbons (Fsp3) is 0.360. The van der Waals surface area contributed by atoms with Crippen LogP contribution in [0.15, 0.2) is 53.6 Å². The van der Waals surface area contributed by atoms with E-state index in [0.717, 1.165) is 31.7 Å². The van der Waals surface area contributed by atoms with Crippen molar-refractivity contribution in [2.24, 2.45) is 0 Å². The highest BCUT2D eigenvalue weighted by Gasteiger charge is 2.23. The van der Waals surface area contributed by atoms with Gasteiger partial charge in [-0.3, -0.25) is 0 Å². The van der Waals surface area contributed by atoms with Gasteiger partial charge in [0, 0.05) is 30.9 Å². The molecule has 1 aromatic heterocycles. The standard InChI is InChI=1S/C25H32ClN7O3S/c1-4-28-17-12-13-33(16-17)18-10-11-20(22(14-18)36-5-2)31-25-29-15-19(26)24(32-25)30-21-8-6-7-9-23(21)37(34,35)27-3/h6-11,14-15,17,27-28H,4-5,12-13,16H2,1-3H3,(H2,29,30,31,32)/t17-/m1/s1. The van der Waals surface area contributed by atoms with Crippen molar-refractivity contribution in [3.63, 3.8) is 0 Å². The number of hydrogen-bond donors (Lipinski definition) is 4. The molecule has 1 saturated heterocycles. The maximum Gasteiger partial charge on any atom is 0.242 e. The molecule has 2 heterocycles. The Morgan fingerprint density at radius 1 is 1.14 bits per heavy atom. The van der Waals surface area contributed by atoms with Crippen molar-refractivity contribution < 1.29 is 13.2 Å². The first-order chi connectivity index (χ1) is 17.8. The van der Waals surface area contributed by atoms with Crippen LogP contribution >= 0.6 is 11.6 Å². The maximum absolute atomic E-state index is 12.4. The zero-order valence-electron chi connectivity index (χ0n) is 21.1. The van der Waals surface area contributed by atoms with Gasteiger partial charge in [-0.25, -0.2) is 18.1 Å². The Morgan fingerprint density at radius 2 is 1.95 bits per heavy atom. The highest BCUT2D eigenvalue weighted by molar-refractivity contribution is 7.89. The van der Waals surface area contributed by atoms with Crippen LogP contribution in [0.5, 0.6) is 5.75 Å². The summed E-state index contributed by atoms with van der Waals surface area (Å²) in [4.78, 5) is 11.2. The van der Waals surface area contributed by atoms with Crippen LogP contribution in [0.3, 0.4) is 0 Å². The van der Waals surface area contributed by atoms with Crippen LogP contribution in [0.4, 0.5) is 28.8 Å². The number of likely N-dealkylation sites (N-methyl/N-ethyl adjacent to an activating group) is 1. The van der Waals surface area contributed by atoms with E-state index in [1.54, 1.807) is 18.2 Å². The van der Waals surface area contributed by atoms with Gasteiger partial charge in [0.1, 0.15) is 15.7 Å². The van der Waals surface area contributed by atoms with E-state index in [1.807, 2.05) is 25.1 Å².